The Balaban J connectivity index is 1.58. The second-order valence-electron chi connectivity index (χ2n) is 6.83. The molecule has 4 aromatic rings. The summed E-state index contributed by atoms with van der Waals surface area (Å²) in [7, 11) is 0. The van der Waals surface area contributed by atoms with Gasteiger partial charge in [0.1, 0.15) is 5.65 Å². The van der Waals surface area contributed by atoms with E-state index in [0.717, 1.165) is 59.2 Å². The largest absolute Gasteiger partial charge is 0.346 e. The SMILES string of the molecule is Cc1sc(N2CCNCC2)nc1-c1c[nH]c2ncc(-c3ccccc3)cc12. The quantitative estimate of drug-likeness (QED) is 0.567. The van der Waals surface area contributed by atoms with Gasteiger partial charge in [0.05, 0.1) is 5.69 Å². The van der Waals surface area contributed by atoms with E-state index in [1.807, 2.05) is 18.5 Å². The predicted octanol–water partition coefficient (Wildman–Crippen LogP) is 4.07. The molecular weight excluding hydrogens is 354 g/mol. The number of nitrogens with zero attached hydrogens (tertiary/aromatic N) is 3. The van der Waals surface area contributed by atoms with Gasteiger partial charge in [0, 0.05) is 60.0 Å². The second kappa shape index (κ2) is 6.79. The number of aryl methyl sites for hydroxylation is 1. The number of H-pyrrole nitrogens is 1. The first-order chi connectivity index (χ1) is 13.3. The molecule has 0 unspecified atom stereocenters. The molecule has 6 heteroatoms. The van der Waals surface area contributed by atoms with Gasteiger partial charge < -0.3 is 15.2 Å². The third kappa shape index (κ3) is 3.01. The molecule has 2 N–H and O–H groups in total. The van der Waals surface area contributed by atoms with Gasteiger partial charge in [0.2, 0.25) is 0 Å². The minimum Gasteiger partial charge on any atom is -0.346 e. The molecule has 0 amide bonds. The molecule has 1 aliphatic heterocycles. The van der Waals surface area contributed by atoms with Crippen molar-refractivity contribution in [3.05, 3.63) is 53.7 Å². The Bertz CT molecular complexity index is 1080. The summed E-state index contributed by atoms with van der Waals surface area (Å²) in [5.41, 5.74) is 5.40. The Morgan fingerprint density at radius 1 is 1.07 bits per heavy atom. The van der Waals surface area contributed by atoms with Gasteiger partial charge in [-0.2, -0.15) is 0 Å². The van der Waals surface area contributed by atoms with Gasteiger partial charge >= 0.3 is 0 Å². The monoisotopic (exact) mass is 375 g/mol. The average molecular weight is 376 g/mol. The zero-order valence-electron chi connectivity index (χ0n) is 15.2. The van der Waals surface area contributed by atoms with Crippen molar-refractivity contribution >= 4 is 27.5 Å². The van der Waals surface area contributed by atoms with Crippen molar-refractivity contribution in [2.75, 3.05) is 31.1 Å². The number of rotatable bonds is 3. The van der Waals surface area contributed by atoms with Crippen LogP contribution in [-0.2, 0) is 0 Å². The average Bonchev–Trinajstić information content (AvgIpc) is 3.32. The Labute approximate surface area is 162 Å². The van der Waals surface area contributed by atoms with Crippen LogP contribution in [0.4, 0.5) is 5.13 Å². The lowest BCUT2D eigenvalue weighted by Crippen LogP contribution is -2.43. The number of nitrogens with one attached hydrogen (secondary N) is 2. The lowest BCUT2D eigenvalue weighted by Gasteiger charge is -2.26. The number of aromatic amines is 1. The standard InChI is InChI=1S/C21H21N5S/c1-14-19(25-21(27-14)26-9-7-22-8-10-26)18-13-24-20-17(18)11-16(12-23-20)15-5-3-2-4-6-15/h2-6,11-13,22H,7-10H2,1H3,(H,23,24). The zero-order chi connectivity index (χ0) is 18.2. The molecule has 0 saturated carbocycles. The van der Waals surface area contributed by atoms with Crippen LogP contribution >= 0.6 is 11.3 Å². The summed E-state index contributed by atoms with van der Waals surface area (Å²) in [6.45, 7) is 6.22. The Morgan fingerprint density at radius 3 is 2.70 bits per heavy atom. The van der Waals surface area contributed by atoms with Crippen molar-refractivity contribution in [3.8, 4) is 22.4 Å². The van der Waals surface area contributed by atoms with Crippen LogP contribution in [0, 0.1) is 6.92 Å². The van der Waals surface area contributed by atoms with Crippen LogP contribution in [0.2, 0.25) is 0 Å². The van der Waals surface area contributed by atoms with Crippen LogP contribution in [0.1, 0.15) is 4.88 Å². The van der Waals surface area contributed by atoms with Gasteiger partial charge in [-0.15, -0.1) is 11.3 Å². The van der Waals surface area contributed by atoms with Crippen molar-refractivity contribution in [3.63, 3.8) is 0 Å². The normalized spacial score (nSPS) is 14.8. The molecule has 0 aliphatic carbocycles. The molecule has 4 heterocycles. The molecule has 0 bridgehead atoms. The molecular formula is C21H21N5S. The first kappa shape index (κ1) is 16.5. The van der Waals surface area contributed by atoms with E-state index in [-0.39, 0.29) is 0 Å². The molecule has 136 valence electrons. The Morgan fingerprint density at radius 2 is 1.89 bits per heavy atom. The Hall–Kier alpha value is -2.70. The van der Waals surface area contributed by atoms with Crippen LogP contribution in [-0.4, -0.2) is 41.1 Å². The molecule has 0 radical (unpaired) electrons. The van der Waals surface area contributed by atoms with E-state index in [2.05, 4.69) is 57.4 Å². The summed E-state index contributed by atoms with van der Waals surface area (Å²) in [4.78, 5) is 16.6. The van der Waals surface area contributed by atoms with Crippen molar-refractivity contribution in [2.45, 2.75) is 6.92 Å². The molecule has 0 spiro atoms. The summed E-state index contributed by atoms with van der Waals surface area (Å²) in [5, 5.41) is 5.64. The number of hydrogen-bond donors (Lipinski definition) is 2. The van der Waals surface area contributed by atoms with Crippen molar-refractivity contribution in [1.29, 1.82) is 0 Å². The first-order valence-corrected chi connectivity index (χ1v) is 10.1. The number of fused-ring (bicyclic) bond motifs is 1. The number of anilines is 1. The number of thiazole rings is 1. The molecule has 5 rings (SSSR count). The van der Waals surface area contributed by atoms with E-state index in [1.165, 1.54) is 10.4 Å². The van der Waals surface area contributed by atoms with Gasteiger partial charge in [-0.25, -0.2) is 9.97 Å². The maximum absolute atomic E-state index is 5.00. The van der Waals surface area contributed by atoms with E-state index in [1.54, 1.807) is 11.3 Å². The molecule has 5 nitrogen and oxygen atoms in total. The highest BCUT2D eigenvalue weighted by Crippen LogP contribution is 2.37. The van der Waals surface area contributed by atoms with Crippen molar-refractivity contribution < 1.29 is 0 Å². The highest BCUT2D eigenvalue weighted by atomic mass is 32.1. The second-order valence-corrected chi connectivity index (χ2v) is 8.01. The van der Waals surface area contributed by atoms with Crippen molar-refractivity contribution in [1.82, 2.24) is 20.3 Å². The number of pyridine rings is 1. The molecule has 1 fully saturated rings. The summed E-state index contributed by atoms with van der Waals surface area (Å²) in [6, 6.07) is 12.6. The van der Waals surface area contributed by atoms with Gasteiger partial charge in [0.15, 0.2) is 5.13 Å². The summed E-state index contributed by atoms with van der Waals surface area (Å²) in [6.07, 6.45) is 3.97. The molecule has 1 aromatic carbocycles. The van der Waals surface area contributed by atoms with Crippen LogP contribution in [0.25, 0.3) is 33.4 Å². The first-order valence-electron chi connectivity index (χ1n) is 9.25. The van der Waals surface area contributed by atoms with Crippen LogP contribution in [0.3, 0.4) is 0 Å². The number of piperazine rings is 1. The third-order valence-electron chi connectivity index (χ3n) is 5.07. The maximum Gasteiger partial charge on any atom is 0.186 e. The summed E-state index contributed by atoms with van der Waals surface area (Å²) >= 11 is 1.78. The van der Waals surface area contributed by atoms with E-state index >= 15 is 0 Å². The number of aromatic nitrogens is 3. The molecule has 1 aliphatic rings. The fourth-order valence-corrected chi connectivity index (χ4v) is 4.59. The highest BCUT2D eigenvalue weighted by molar-refractivity contribution is 7.16. The molecule has 1 saturated heterocycles. The fraction of sp³-hybridized carbons (Fsp3) is 0.238. The van der Waals surface area contributed by atoms with Gasteiger partial charge in [-0.1, -0.05) is 30.3 Å². The van der Waals surface area contributed by atoms with E-state index in [9.17, 15) is 0 Å². The minimum absolute atomic E-state index is 0.904. The number of hydrogen-bond acceptors (Lipinski definition) is 5. The van der Waals surface area contributed by atoms with Crippen LogP contribution in [0.5, 0.6) is 0 Å². The zero-order valence-corrected chi connectivity index (χ0v) is 16.0. The van der Waals surface area contributed by atoms with Gasteiger partial charge in [-0.05, 0) is 18.6 Å². The van der Waals surface area contributed by atoms with E-state index in [4.69, 9.17) is 4.98 Å². The Kier molecular flexibility index (Phi) is 4.14. The van der Waals surface area contributed by atoms with Gasteiger partial charge in [0.25, 0.3) is 0 Å². The van der Waals surface area contributed by atoms with E-state index < -0.39 is 0 Å². The smallest absolute Gasteiger partial charge is 0.186 e. The lowest BCUT2D eigenvalue weighted by molar-refractivity contribution is 0.588. The third-order valence-corrected chi connectivity index (χ3v) is 6.10. The lowest BCUT2D eigenvalue weighted by atomic mass is 10.0. The highest BCUT2D eigenvalue weighted by Gasteiger charge is 2.19. The topological polar surface area (TPSA) is 56.8 Å². The molecule has 0 atom stereocenters. The minimum atomic E-state index is 0.904. The van der Waals surface area contributed by atoms with E-state index in [0.29, 0.717) is 0 Å². The molecule has 27 heavy (non-hydrogen) atoms. The van der Waals surface area contributed by atoms with Crippen molar-refractivity contribution in [2.24, 2.45) is 0 Å². The van der Waals surface area contributed by atoms with Gasteiger partial charge in [-0.3, -0.25) is 0 Å². The number of benzene rings is 1. The summed E-state index contributed by atoms with van der Waals surface area (Å²) in [5.74, 6) is 0. The molecule has 3 aromatic heterocycles. The van der Waals surface area contributed by atoms with Crippen LogP contribution < -0.4 is 10.2 Å². The van der Waals surface area contributed by atoms with Crippen LogP contribution in [0.15, 0.2) is 48.8 Å². The maximum atomic E-state index is 5.00. The summed E-state index contributed by atoms with van der Waals surface area (Å²) < 4.78 is 0. The predicted molar refractivity (Wildman–Crippen MR) is 112 cm³/mol. The fourth-order valence-electron chi connectivity index (χ4n) is 3.61.